The van der Waals surface area contributed by atoms with Crippen LogP contribution in [0.4, 0.5) is 0 Å². The molecule has 100 valence electrons. The van der Waals surface area contributed by atoms with E-state index in [1.54, 1.807) is 24.3 Å². The predicted molar refractivity (Wildman–Crippen MR) is 73.4 cm³/mol. The van der Waals surface area contributed by atoms with Gasteiger partial charge in [0.05, 0.1) is 5.56 Å². The Bertz CT molecular complexity index is 614. The molecule has 0 saturated heterocycles. The molecule has 0 N–H and O–H groups in total. The van der Waals surface area contributed by atoms with E-state index in [0.29, 0.717) is 11.3 Å². The maximum atomic E-state index is 11.7. The maximum Gasteiger partial charge on any atom is 0.339 e. The highest BCUT2D eigenvalue weighted by molar-refractivity contribution is 5.89. The molecule has 0 amide bonds. The fourth-order valence-electron chi connectivity index (χ4n) is 1.54. The summed E-state index contributed by atoms with van der Waals surface area (Å²) in [6, 6.07) is 17.8. The Kier molecular flexibility index (Phi) is 4.35. The smallest absolute Gasteiger partial charge is 0.339 e. The average Bonchev–Trinajstić information content (AvgIpc) is 2.49. The number of esters is 1. The van der Waals surface area contributed by atoms with E-state index in [2.05, 4.69) is 0 Å². The standard InChI is InChI=1S/C16H13NO3/c1-12(11-17)19-16(18)13-7-9-15(10-8-13)20-14-5-3-2-4-6-14/h2-10,12H,1H3/t12-/m0/s1. The quantitative estimate of drug-likeness (QED) is 0.795. The minimum absolute atomic E-state index is 0.382. The fourth-order valence-corrected chi connectivity index (χ4v) is 1.54. The number of nitrogens with zero attached hydrogens (tertiary/aromatic N) is 1. The Morgan fingerprint density at radius 2 is 1.65 bits per heavy atom. The maximum absolute atomic E-state index is 11.7. The highest BCUT2D eigenvalue weighted by Crippen LogP contribution is 2.21. The molecule has 2 aromatic rings. The van der Waals surface area contributed by atoms with Crippen molar-refractivity contribution in [2.24, 2.45) is 0 Å². The molecule has 4 heteroatoms. The van der Waals surface area contributed by atoms with Crippen molar-refractivity contribution in [2.75, 3.05) is 0 Å². The molecule has 0 heterocycles. The first-order valence-corrected chi connectivity index (χ1v) is 6.12. The summed E-state index contributed by atoms with van der Waals surface area (Å²) in [7, 11) is 0. The van der Waals surface area contributed by atoms with Gasteiger partial charge >= 0.3 is 5.97 Å². The van der Waals surface area contributed by atoms with Gasteiger partial charge in [-0.15, -0.1) is 0 Å². The topological polar surface area (TPSA) is 59.3 Å². The van der Waals surface area contributed by atoms with Gasteiger partial charge in [-0.1, -0.05) is 18.2 Å². The summed E-state index contributed by atoms with van der Waals surface area (Å²) in [5, 5.41) is 8.59. The predicted octanol–water partition coefficient (Wildman–Crippen LogP) is 3.55. The molecule has 0 saturated carbocycles. The third-order valence-electron chi connectivity index (χ3n) is 2.53. The number of ether oxygens (including phenoxy) is 2. The van der Waals surface area contributed by atoms with Crippen LogP contribution in [-0.2, 0) is 4.74 Å². The summed E-state index contributed by atoms with van der Waals surface area (Å²) in [6.07, 6.45) is -0.761. The van der Waals surface area contributed by atoms with Crippen molar-refractivity contribution in [1.29, 1.82) is 5.26 Å². The SMILES string of the molecule is C[C@@H](C#N)OC(=O)c1ccc(Oc2ccccc2)cc1. The van der Waals surface area contributed by atoms with Gasteiger partial charge in [0.2, 0.25) is 0 Å². The first kappa shape index (κ1) is 13.6. The van der Waals surface area contributed by atoms with Crippen molar-refractivity contribution >= 4 is 5.97 Å². The molecule has 0 aliphatic heterocycles. The van der Waals surface area contributed by atoms with Crippen molar-refractivity contribution in [2.45, 2.75) is 13.0 Å². The molecule has 0 radical (unpaired) electrons. The zero-order valence-electron chi connectivity index (χ0n) is 10.9. The molecular weight excluding hydrogens is 254 g/mol. The van der Waals surface area contributed by atoms with Crippen LogP contribution in [0, 0.1) is 11.3 Å². The van der Waals surface area contributed by atoms with E-state index in [1.165, 1.54) is 6.92 Å². The Balaban J connectivity index is 2.03. The first-order valence-electron chi connectivity index (χ1n) is 6.12. The number of benzene rings is 2. The van der Waals surface area contributed by atoms with Crippen LogP contribution < -0.4 is 4.74 Å². The summed E-state index contributed by atoms with van der Waals surface area (Å²) in [4.78, 5) is 11.7. The van der Waals surface area contributed by atoms with Crippen molar-refractivity contribution in [1.82, 2.24) is 0 Å². The Morgan fingerprint density at radius 3 is 2.25 bits per heavy atom. The van der Waals surface area contributed by atoms with Crippen LogP contribution in [-0.4, -0.2) is 12.1 Å². The summed E-state index contributed by atoms with van der Waals surface area (Å²) in [5.74, 6) is 0.826. The van der Waals surface area contributed by atoms with Crippen molar-refractivity contribution in [3.8, 4) is 17.6 Å². The number of hydrogen-bond acceptors (Lipinski definition) is 4. The second-order valence-corrected chi connectivity index (χ2v) is 4.12. The van der Waals surface area contributed by atoms with Crippen molar-refractivity contribution < 1.29 is 14.3 Å². The van der Waals surface area contributed by atoms with Crippen LogP contribution in [0.2, 0.25) is 0 Å². The molecular formula is C16H13NO3. The lowest BCUT2D eigenvalue weighted by Crippen LogP contribution is -2.12. The molecule has 2 aromatic carbocycles. The molecule has 4 nitrogen and oxygen atoms in total. The lowest BCUT2D eigenvalue weighted by molar-refractivity contribution is 0.0435. The summed E-state index contributed by atoms with van der Waals surface area (Å²) < 4.78 is 10.5. The van der Waals surface area contributed by atoms with Crippen molar-refractivity contribution in [3.63, 3.8) is 0 Å². The van der Waals surface area contributed by atoms with E-state index in [4.69, 9.17) is 14.7 Å². The molecule has 0 aliphatic carbocycles. The van der Waals surface area contributed by atoms with Gasteiger partial charge in [-0.25, -0.2) is 4.79 Å². The second-order valence-electron chi connectivity index (χ2n) is 4.12. The molecule has 0 unspecified atom stereocenters. The third-order valence-corrected chi connectivity index (χ3v) is 2.53. The summed E-state index contributed by atoms with van der Waals surface area (Å²) in [6.45, 7) is 1.52. The van der Waals surface area contributed by atoms with Gasteiger partial charge in [0.25, 0.3) is 0 Å². The van der Waals surface area contributed by atoms with Gasteiger partial charge < -0.3 is 9.47 Å². The fraction of sp³-hybridized carbons (Fsp3) is 0.125. The lowest BCUT2D eigenvalue weighted by Gasteiger charge is -2.08. The number of carbonyl (C=O) groups excluding carboxylic acids is 1. The number of nitriles is 1. The summed E-state index contributed by atoms with van der Waals surface area (Å²) >= 11 is 0. The highest BCUT2D eigenvalue weighted by atomic mass is 16.5. The lowest BCUT2D eigenvalue weighted by atomic mass is 10.2. The molecule has 0 fully saturated rings. The van der Waals surface area contributed by atoms with E-state index in [9.17, 15) is 4.79 Å². The van der Waals surface area contributed by atoms with Crippen LogP contribution in [0.1, 0.15) is 17.3 Å². The van der Waals surface area contributed by atoms with Crippen LogP contribution in [0.3, 0.4) is 0 Å². The van der Waals surface area contributed by atoms with E-state index >= 15 is 0 Å². The second kappa shape index (κ2) is 6.39. The van der Waals surface area contributed by atoms with Gasteiger partial charge in [-0.2, -0.15) is 5.26 Å². The molecule has 1 atom stereocenters. The van der Waals surface area contributed by atoms with Gasteiger partial charge in [0.15, 0.2) is 6.10 Å². The van der Waals surface area contributed by atoms with E-state index in [-0.39, 0.29) is 0 Å². The zero-order chi connectivity index (χ0) is 14.4. The molecule has 0 spiro atoms. The Hall–Kier alpha value is -2.80. The minimum atomic E-state index is -0.761. The molecule has 2 rings (SSSR count). The molecule has 0 aliphatic rings. The normalized spacial score (nSPS) is 11.2. The van der Waals surface area contributed by atoms with Crippen LogP contribution in [0.15, 0.2) is 54.6 Å². The van der Waals surface area contributed by atoms with Crippen molar-refractivity contribution in [3.05, 3.63) is 60.2 Å². The average molecular weight is 267 g/mol. The zero-order valence-corrected chi connectivity index (χ0v) is 10.9. The number of carbonyl (C=O) groups is 1. The van der Waals surface area contributed by atoms with Gasteiger partial charge in [0.1, 0.15) is 17.6 Å². The largest absolute Gasteiger partial charge is 0.457 e. The van der Waals surface area contributed by atoms with Gasteiger partial charge in [-0.3, -0.25) is 0 Å². The van der Waals surface area contributed by atoms with E-state index in [1.807, 2.05) is 36.4 Å². The number of rotatable bonds is 4. The van der Waals surface area contributed by atoms with E-state index in [0.717, 1.165) is 5.75 Å². The Morgan fingerprint density at radius 1 is 1.05 bits per heavy atom. The number of hydrogen-bond donors (Lipinski definition) is 0. The van der Waals surface area contributed by atoms with Crippen LogP contribution in [0.25, 0.3) is 0 Å². The Labute approximate surface area is 117 Å². The highest BCUT2D eigenvalue weighted by Gasteiger charge is 2.11. The van der Waals surface area contributed by atoms with Crippen LogP contribution >= 0.6 is 0 Å². The summed E-state index contributed by atoms with van der Waals surface area (Å²) in [5.41, 5.74) is 0.382. The number of para-hydroxylation sites is 1. The van der Waals surface area contributed by atoms with E-state index < -0.39 is 12.1 Å². The molecule has 20 heavy (non-hydrogen) atoms. The molecule has 0 aromatic heterocycles. The minimum Gasteiger partial charge on any atom is -0.457 e. The van der Waals surface area contributed by atoms with Gasteiger partial charge in [0, 0.05) is 0 Å². The van der Waals surface area contributed by atoms with Gasteiger partial charge in [-0.05, 0) is 43.3 Å². The third kappa shape index (κ3) is 3.59. The first-order chi connectivity index (χ1) is 9.69. The van der Waals surface area contributed by atoms with Crippen LogP contribution in [0.5, 0.6) is 11.5 Å². The monoisotopic (exact) mass is 267 g/mol. The molecule has 0 bridgehead atoms.